The molecule has 0 spiro atoms. The number of benzene rings is 3. The van der Waals surface area contributed by atoms with Gasteiger partial charge in [-0.25, -0.2) is 17.9 Å². The summed E-state index contributed by atoms with van der Waals surface area (Å²) in [6.07, 6.45) is 0. The van der Waals surface area contributed by atoms with Crippen LogP contribution in [-0.2, 0) is 19.6 Å². The first-order chi connectivity index (χ1) is 15.8. The van der Waals surface area contributed by atoms with Crippen LogP contribution in [0.4, 0.5) is 5.69 Å². The predicted octanol–water partition coefficient (Wildman–Crippen LogP) is 3.53. The molecule has 0 radical (unpaired) electrons. The minimum absolute atomic E-state index is 0.0905. The lowest BCUT2D eigenvalue weighted by atomic mass is 10.1. The molecule has 0 aliphatic rings. The molecule has 0 aliphatic heterocycles. The molecule has 0 bridgehead atoms. The number of carbonyl (C=O) groups excluding carboxylic acids is 2. The van der Waals surface area contributed by atoms with Gasteiger partial charge < -0.3 is 14.8 Å². The Hall–Kier alpha value is -3.69. The van der Waals surface area contributed by atoms with Gasteiger partial charge in [0.2, 0.25) is 10.0 Å². The zero-order valence-electron chi connectivity index (χ0n) is 18.1. The van der Waals surface area contributed by atoms with Crippen molar-refractivity contribution < 1.29 is 27.5 Å². The van der Waals surface area contributed by atoms with Crippen molar-refractivity contribution in [1.29, 1.82) is 0 Å². The number of nitrogens with one attached hydrogen (secondary N) is 2. The molecule has 0 saturated carbocycles. The summed E-state index contributed by atoms with van der Waals surface area (Å²) in [4.78, 5) is 23.6. The van der Waals surface area contributed by atoms with E-state index in [4.69, 9.17) is 4.74 Å². The van der Waals surface area contributed by atoms with Crippen molar-refractivity contribution in [2.24, 2.45) is 0 Å². The van der Waals surface area contributed by atoms with Crippen molar-refractivity contribution in [2.75, 3.05) is 19.0 Å². The molecule has 0 aromatic heterocycles. The summed E-state index contributed by atoms with van der Waals surface area (Å²) in [5.41, 5.74) is 1.72. The molecular formula is C24H24N2O6S. The van der Waals surface area contributed by atoms with Gasteiger partial charge in [-0.05, 0) is 61.0 Å². The topological polar surface area (TPSA) is 111 Å². The molecule has 0 saturated heterocycles. The van der Waals surface area contributed by atoms with E-state index in [2.05, 4.69) is 14.8 Å². The molecule has 1 atom stereocenters. The van der Waals surface area contributed by atoms with Gasteiger partial charge in [-0.2, -0.15) is 0 Å². The predicted molar refractivity (Wildman–Crippen MR) is 124 cm³/mol. The molecule has 2 N–H and O–H groups in total. The molecule has 172 valence electrons. The summed E-state index contributed by atoms with van der Waals surface area (Å²) in [7, 11) is -2.44. The maximum Gasteiger partial charge on any atom is 0.337 e. The number of amides is 1. The number of methoxy groups -OCH3 is 1. The average Bonchev–Trinajstić information content (AvgIpc) is 2.83. The highest BCUT2D eigenvalue weighted by Gasteiger charge is 2.18. The average molecular weight is 469 g/mol. The van der Waals surface area contributed by atoms with Crippen LogP contribution in [0.1, 0.15) is 28.9 Å². The van der Waals surface area contributed by atoms with Gasteiger partial charge >= 0.3 is 5.97 Å². The number of sulfonamides is 1. The van der Waals surface area contributed by atoms with Gasteiger partial charge in [-0.3, -0.25) is 4.79 Å². The zero-order valence-corrected chi connectivity index (χ0v) is 19.0. The van der Waals surface area contributed by atoms with Gasteiger partial charge in [0.1, 0.15) is 5.75 Å². The van der Waals surface area contributed by atoms with Gasteiger partial charge in [0.25, 0.3) is 5.91 Å². The SMILES string of the molecule is COC(=O)c1ccc(NC(=O)COc2ccc(S(=O)(=O)N[C@@H](C)c3ccccc3)cc2)cc1. The maximum absolute atomic E-state index is 12.6. The molecule has 8 nitrogen and oxygen atoms in total. The quantitative estimate of drug-likeness (QED) is 0.465. The first-order valence-electron chi connectivity index (χ1n) is 10.1. The number of carbonyl (C=O) groups is 2. The highest BCUT2D eigenvalue weighted by molar-refractivity contribution is 7.89. The van der Waals surface area contributed by atoms with Crippen molar-refractivity contribution in [3.8, 4) is 5.75 Å². The van der Waals surface area contributed by atoms with E-state index in [9.17, 15) is 18.0 Å². The standard InChI is InChI=1S/C24H24N2O6S/c1-17(18-6-4-3-5-7-18)26-33(29,30)22-14-12-21(13-15-22)32-16-23(27)25-20-10-8-19(9-11-20)24(28)31-2/h3-15,17,26H,16H2,1-2H3,(H,25,27)/t17-/m0/s1. The summed E-state index contributed by atoms with van der Waals surface area (Å²) >= 11 is 0. The summed E-state index contributed by atoms with van der Waals surface area (Å²) < 4.78 is 38.0. The first-order valence-corrected chi connectivity index (χ1v) is 11.5. The Bertz CT molecular complexity index is 1190. The lowest BCUT2D eigenvalue weighted by molar-refractivity contribution is -0.118. The summed E-state index contributed by atoms with van der Waals surface area (Å²) in [6, 6.07) is 20.9. The Morgan fingerprint density at radius 3 is 2.15 bits per heavy atom. The number of rotatable bonds is 9. The Morgan fingerprint density at radius 2 is 1.55 bits per heavy atom. The molecule has 0 heterocycles. The van der Waals surface area contributed by atoms with Crippen molar-refractivity contribution in [1.82, 2.24) is 4.72 Å². The van der Waals surface area contributed by atoms with E-state index < -0.39 is 27.9 Å². The lowest BCUT2D eigenvalue weighted by Crippen LogP contribution is -2.26. The van der Waals surface area contributed by atoms with E-state index in [-0.39, 0.29) is 11.5 Å². The highest BCUT2D eigenvalue weighted by atomic mass is 32.2. The van der Waals surface area contributed by atoms with Crippen molar-refractivity contribution in [3.63, 3.8) is 0 Å². The van der Waals surface area contributed by atoms with Crippen molar-refractivity contribution in [2.45, 2.75) is 17.9 Å². The molecule has 9 heteroatoms. The van der Waals surface area contributed by atoms with Crippen LogP contribution in [0.3, 0.4) is 0 Å². The molecule has 0 aliphatic carbocycles. The van der Waals surface area contributed by atoms with Crippen molar-refractivity contribution >= 4 is 27.6 Å². The normalized spacial score (nSPS) is 11.9. The van der Waals surface area contributed by atoms with Crippen LogP contribution in [0.2, 0.25) is 0 Å². The van der Waals surface area contributed by atoms with E-state index in [1.807, 2.05) is 30.3 Å². The van der Waals surface area contributed by atoms with Gasteiger partial charge in [0.05, 0.1) is 17.6 Å². The highest BCUT2D eigenvalue weighted by Crippen LogP contribution is 2.19. The Morgan fingerprint density at radius 1 is 0.909 bits per heavy atom. The minimum atomic E-state index is -3.73. The van der Waals surface area contributed by atoms with Crippen LogP contribution in [0.25, 0.3) is 0 Å². The van der Waals surface area contributed by atoms with Gasteiger partial charge in [0, 0.05) is 11.7 Å². The second-order valence-electron chi connectivity index (χ2n) is 7.13. The third-order valence-electron chi connectivity index (χ3n) is 4.73. The largest absolute Gasteiger partial charge is 0.484 e. The molecule has 0 fully saturated rings. The van der Waals surface area contributed by atoms with E-state index in [1.54, 1.807) is 19.1 Å². The number of ether oxygens (including phenoxy) is 2. The number of esters is 1. The van der Waals surface area contributed by atoms with Crippen molar-refractivity contribution in [3.05, 3.63) is 90.0 Å². The van der Waals surface area contributed by atoms with Gasteiger partial charge in [-0.1, -0.05) is 30.3 Å². The van der Waals surface area contributed by atoms with Crippen LogP contribution in [0.5, 0.6) is 5.75 Å². The maximum atomic E-state index is 12.6. The lowest BCUT2D eigenvalue weighted by Gasteiger charge is -2.15. The fraction of sp³-hybridized carbons (Fsp3) is 0.167. The smallest absolute Gasteiger partial charge is 0.337 e. The van der Waals surface area contributed by atoms with E-state index in [0.29, 0.717) is 17.0 Å². The number of hydrogen-bond acceptors (Lipinski definition) is 6. The number of hydrogen-bond donors (Lipinski definition) is 2. The molecule has 0 unspecified atom stereocenters. The van der Waals surface area contributed by atoms with Crippen LogP contribution < -0.4 is 14.8 Å². The van der Waals surface area contributed by atoms with Crippen LogP contribution in [-0.4, -0.2) is 34.0 Å². The fourth-order valence-corrected chi connectivity index (χ4v) is 4.21. The van der Waals surface area contributed by atoms with Gasteiger partial charge in [-0.15, -0.1) is 0 Å². The van der Waals surface area contributed by atoms with E-state index in [1.165, 1.54) is 43.5 Å². The molecular weight excluding hydrogens is 444 g/mol. The molecule has 3 aromatic carbocycles. The van der Waals surface area contributed by atoms with Crippen LogP contribution in [0.15, 0.2) is 83.8 Å². The van der Waals surface area contributed by atoms with Gasteiger partial charge in [0.15, 0.2) is 6.61 Å². The molecule has 1 amide bonds. The summed E-state index contributed by atoms with van der Waals surface area (Å²) in [6.45, 7) is 1.50. The van der Waals surface area contributed by atoms with Crippen LogP contribution >= 0.6 is 0 Å². The third kappa shape index (κ3) is 6.64. The molecule has 3 rings (SSSR count). The molecule has 33 heavy (non-hydrogen) atoms. The zero-order chi connectivity index (χ0) is 23.8. The second kappa shape index (κ2) is 10.8. The minimum Gasteiger partial charge on any atom is -0.484 e. The second-order valence-corrected chi connectivity index (χ2v) is 8.84. The first kappa shape index (κ1) is 24.0. The third-order valence-corrected chi connectivity index (χ3v) is 6.28. The summed E-state index contributed by atoms with van der Waals surface area (Å²) in [5, 5.41) is 2.65. The fourth-order valence-electron chi connectivity index (χ4n) is 2.98. The number of anilines is 1. The monoisotopic (exact) mass is 468 g/mol. The molecule has 3 aromatic rings. The van der Waals surface area contributed by atoms with Crippen LogP contribution in [0, 0.1) is 0 Å². The summed E-state index contributed by atoms with van der Waals surface area (Å²) in [5.74, 6) is -0.525. The Balaban J connectivity index is 1.53. The van der Waals surface area contributed by atoms with E-state index in [0.717, 1.165) is 5.56 Å². The Labute approximate surface area is 192 Å². The Kier molecular flexibility index (Phi) is 7.81. The van der Waals surface area contributed by atoms with E-state index >= 15 is 0 Å².